The van der Waals surface area contributed by atoms with Crippen LogP contribution in [0.25, 0.3) is 57.5 Å². The Hall–Kier alpha value is -4.20. The van der Waals surface area contributed by atoms with Crippen molar-refractivity contribution in [2.45, 2.75) is 0 Å². The first-order valence-electron chi connectivity index (χ1n) is 10.6. The van der Waals surface area contributed by atoms with Gasteiger partial charge in [-0.3, -0.25) is 0 Å². The number of benzene rings is 1. The van der Waals surface area contributed by atoms with Crippen LogP contribution in [0.5, 0.6) is 0 Å². The maximum atomic E-state index is 9.42. The molecule has 0 radical (unpaired) electrons. The fraction of sp³-hybridized carbons (Fsp3) is 0. The van der Waals surface area contributed by atoms with E-state index in [-0.39, 0.29) is 0 Å². The van der Waals surface area contributed by atoms with Gasteiger partial charge in [0.05, 0.1) is 22.8 Å². The zero-order chi connectivity index (χ0) is 22.4. The van der Waals surface area contributed by atoms with Gasteiger partial charge >= 0.3 is 7.12 Å². The number of nitrogens with one attached hydrogen (secondary N) is 2. The Balaban J connectivity index is 1.62. The third-order valence-corrected chi connectivity index (χ3v) is 5.69. The summed E-state index contributed by atoms with van der Waals surface area (Å²) in [7, 11) is -1.49. The zero-order valence-corrected chi connectivity index (χ0v) is 17.5. The smallest absolute Gasteiger partial charge is 0.423 e. The van der Waals surface area contributed by atoms with Crippen molar-refractivity contribution >= 4 is 59.0 Å². The van der Waals surface area contributed by atoms with Crippen LogP contribution in [0.3, 0.4) is 0 Å². The van der Waals surface area contributed by atoms with Crippen LogP contribution in [-0.2, 0) is 0 Å². The average Bonchev–Trinajstić information content (AvgIpc) is 3.59. The minimum absolute atomic E-state index is 0.453. The average molecular weight is 430 g/mol. The zero-order valence-electron chi connectivity index (χ0n) is 17.5. The summed E-state index contributed by atoms with van der Waals surface area (Å²) in [6.07, 6.45) is 7.94. The molecule has 8 bridgehead atoms. The number of H-pyrrole nitrogens is 2. The Labute approximate surface area is 189 Å². The van der Waals surface area contributed by atoms with Crippen LogP contribution >= 0.6 is 0 Å². The minimum atomic E-state index is -1.49. The summed E-state index contributed by atoms with van der Waals surface area (Å²) >= 11 is 0. The molecule has 7 heteroatoms. The molecule has 5 heterocycles. The molecular formula is C26H19BN4O2. The van der Waals surface area contributed by atoms with E-state index in [1.165, 1.54) is 0 Å². The molecule has 3 aromatic heterocycles. The van der Waals surface area contributed by atoms with Gasteiger partial charge in [0, 0.05) is 27.6 Å². The molecule has 0 atom stereocenters. The van der Waals surface area contributed by atoms with Crippen LogP contribution in [0, 0.1) is 0 Å². The summed E-state index contributed by atoms with van der Waals surface area (Å²) in [4.78, 5) is 16.3. The summed E-state index contributed by atoms with van der Waals surface area (Å²) in [6.45, 7) is 0. The molecule has 33 heavy (non-hydrogen) atoms. The molecule has 0 saturated carbocycles. The van der Waals surface area contributed by atoms with Crippen LogP contribution in [-0.4, -0.2) is 37.1 Å². The van der Waals surface area contributed by atoms with E-state index in [4.69, 9.17) is 4.98 Å². The van der Waals surface area contributed by atoms with Gasteiger partial charge in [-0.25, -0.2) is 9.97 Å². The second-order valence-electron chi connectivity index (χ2n) is 8.08. The molecule has 4 aromatic rings. The lowest BCUT2D eigenvalue weighted by Crippen LogP contribution is -2.29. The van der Waals surface area contributed by atoms with Crippen molar-refractivity contribution in [1.29, 1.82) is 0 Å². The number of nitrogens with zero attached hydrogens (tertiary/aromatic N) is 2. The van der Waals surface area contributed by atoms with Gasteiger partial charge in [0.15, 0.2) is 0 Å². The molecule has 4 N–H and O–H groups in total. The Bertz CT molecular complexity index is 1590. The van der Waals surface area contributed by atoms with E-state index in [2.05, 4.69) is 27.1 Å². The number of rotatable bonds is 2. The maximum Gasteiger partial charge on any atom is 0.488 e. The van der Waals surface area contributed by atoms with Crippen molar-refractivity contribution in [3.8, 4) is 11.1 Å². The van der Waals surface area contributed by atoms with E-state index in [9.17, 15) is 10.0 Å². The van der Waals surface area contributed by atoms with Gasteiger partial charge in [0.2, 0.25) is 0 Å². The van der Waals surface area contributed by atoms with E-state index in [0.717, 1.165) is 56.0 Å². The van der Waals surface area contributed by atoms with Crippen LogP contribution in [0.15, 0.2) is 66.7 Å². The van der Waals surface area contributed by atoms with Crippen molar-refractivity contribution in [2.24, 2.45) is 0 Å². The van der Waals surface area contributed by atoms with Crippen LogP contribution in [0.1, 0.15) is 22.8 Å². The van der Waals surface area contributed by atoms with Gasteiger partial charge in [-0.05, 0) is 77.8 Å². The predicted molar refractivity (Wildman–Crippen MR) is 134 cm³/mol. The molecule has 6 rings (SSSR count). The quantitative estimate of drug-likeness (QED) is 0.312. The minimum Gasteiger partial charge on any atom is -0.423 e. The van der Waals surface area contributed by atoms with Gasteiger partial charge in [0.1, 0.15) is 0 Å². The molecule has 2 aliphatic heterocycles. The summed E-state index contributed by atoms with van der Waals surface area (Å²) in [5.74, 6) is 0. The van der Waals surface area contributed by atoms with E-state index < -0.39 is 7.12 Å². The molecular weight excluding hydrogens is 411 g/mol. The number of aromatic nitrogens is 4. The maximum absolute atomic E-state index is 9.42. The van der Waals surface area contributed by atoms with Crippen molar-refractivity contribution in [1.82, 2.24) is 19.9 Å². The van der Waals surface area contributed by atoms with Gasteiger partial charge in [-0.1, -0.05) is 24.3 Å². The molecule has 0 saturated heterocycles. The van der Waals surface area contributed by atoms with Crippen LogP contribution in [0.4, 0.5) is 0 Å². The molecule has 0 unspecified atom stereocenters. The normalized spacial score (nSPS) is 12.3. The Morgan fingerprint density at radius 1 is 0.576 bits per heavy atom. The first kappa shape index (κ1) is 19.5. The van der Waals surface area contributed by atoms with Gasteiger partial charge in [-0.2, -0.15) is 0 Å². The van der Waals surface area contributed by atoms with E-state index in [0.29, 0.717) is 5.46 Å². The first-order chi connectivity index (χ1) is 16.1. The summed E-state index contributed by atoms with van der Waals surface area (Å²) < 4.78 is 0. The molecule has 1 aromatic carbocycles. The molecule has 158 valence electrons. The lowest BCUT2D eigenvalue weighted by Gasteiger charge is -2.02. The number of fused-ring (bicyclic) bond motifs is 8. The van der Waals surface area contributed by atoms with E-state index >= 15 is 0 Å². The third-order valence-electron chi connectivity index (χ3n) is 5.69. The molecule has 0 amide bonds. The predicted octanol–water partition coefficient (Wildman–Crippen LogP) is 4.00. The third kappa shape index (κ3) is 3.91. The van der Waals surface area contributed by atoms with Crippen LogP contribution in [0.2, 0.25) is 0 Å². The Morgan fingerprint density at radius 2 is 1.18 bits per heavy atom. The second-order valence-corrected chi connectivity index (χ2v) is 8.08. The van der Waals surface area contributed by atoms with Crippen molar-refractivity contribution in [3.05, 3.63) is 89.5 Å². The number of hydrogen-bond acceptors (Lipinski definition) is 4. The fourth-order valence-electron chi connectivity index (χ4n) is 4.09. The highest BCUT2D eigenvalue weighted by Crippen LogP contribution is 2.27. The second kappa shape index (κ2) is 7.74. The topological polar surface area (TPSA) is 97.8 Å². The van der Waals surface area contributed by atoms with Crippen LogP contribution < -0.4 is 5.46 Å². The Morgan fingerprint density at radius 3 is 1.85 bits per heavy atom. The van der Waals surface area contributed by atoms with Crippen molar-refractivity contribution in [2.75, 3.05) is 0 Å². The van der Waals surface area contributed by atoms with Gasteiger partial charge in [-0.15, -0.1) is 0 Å². The van der Waals surface area contributed by atoms with Gasteiger partial charge < -0.3 is 20.0 Å². The fourth-order valence-corrected chi connectivity index (χ4v) is 4.09. The SMILES string of the molecule is OB(O)c1ccc(-c2cc3cc4ccc(cc5nc(cc6nc(cc2[nH]3)C=C6)C=C5)[nH]4)cc1. The van der Waals surface area contributed by atoms with Gasteiger partial charge in [0.25, 0.3) is 0 Å². The highest BCUT2D eigenvalue weighted by Gasteiger charge is 2.12. The standard InChI is InChI=1S/C26H19BN4O2/c32-27(33)17-3-1-16(2-4-17)25-14-24-13-22-8-7-20(29-22)11-18-5-6-19(28-18)12-21-9-10-23(30-21)15-26(25)31-24/h1-15,29,31-33H. The number of aromatic amines is 2. The van der Waals surface area contributed by atoms with Crippen molar-refractivity contribution in [3.63, 3.8) is 0 Å². The molecule has 2 aliphatic rings. The number of hydrogen-bond donors (Lipinski definition) is 4. The largest absolute Gasteiger partial charge is 0.488 e. The first-order valence-corrected chi connectivity index (χ1v) is 10.6. The molecule has 0 spiro atoms. The Kier molecular flexibility index (Phi) is 4.57. The lowest BCUT2D eigenvalue weighted by atomic mass is 9.80. The highest BCUT2D eigenvalue weighted by molar-refractivity contribution is 6.58. The molecule has 0 fully saturated rings. The van der Waals surface area contributed by atoms with Crippen molar-refractivity contribution < 1.29 is 10.0 Å². The van der Waals surface area contributed by atoms with E-state index in [1.54, 1.807) is 12.1 Å². The summed E-state index contributed by atoms with van der Waals surface area (Å²) in [6, 6.07) is 21.4. The highest BCUT2D eigenvalue weighted by atomic mass is 16.4. The monoisotopic (exact) mass is 430 g/mol. The summed E-state index contributed by atoms with van der Waals surface area (Å²) in [5.41, 5.74) is 9.66. The van der Waals surface area contributed by atoms with E-state index in [1.807, 2.05) is 66.8 Å². The summed E-state index contributed by atoms with van der Waals surface area (Å²) in [5, 5.41) is 18.8. The lowest BCUT2D eigenvalue weighted by molar-refractivity contribution is 0.426. The molecule has 0 aliphatic carbocycles. The molecule has 6 nitrogen and oxygen atoms in total.